The van der Waals surface area contributed by atoms with Crippen molar-refractivity contribution in [1.29, 1.82) is 0 Å². The number of nitrogens with zero attached hydrogens (tertiary/aromatic N) is 1. The van der Waals surface area contributed by atoms with Crippen molar-refractivity contribution in [3.63, 3.8) is 0 Å². The van der Waals surface area contributed by atoms with E-state index in [4.69, 9.17) is 5.73 Å². The van der Waals surface area contributed by atoms with Crippen molar-refractivity contribution in [3.8, 4) is 0 Å². The molecule has 0 bridgehead atoms. The van der Waals surface area contributed by atoms with E-state index >= 15 is 0 Å². The second kappa shape index (κ2) is 2.77. The van der Waals surface area contributed by atoms with Gasteiger partial charge in [-0.1, -0.05) is 0 Å². The second-order valence-electron chi connectivity index (χ2n) is 2.06. The maximum absolute atomic E-state index is 11.2. The van der Waals surface area contributed by atoms with Crippen molar-refractivity contribution in [2.75, 3.05) is 5.73 Å². The SMILES string of the molecule is Nc1nc2sc(=[SeH])sc2c(=O)[nH]1. The molecule has 0 aromatic carbocycles. The van der Waals surface area contributed by atoms with Crippen molar-refractivity contribution in [2.45, 2.75) is 0 Å². The van der Waals surface area contributed by atoms with E-state index in [-0.39, 0.29) is 11.5 Å². The zero-order valence-electron chi connectivity index (χ0n) is 5.70. The summed E-state index contributed by atoms with van der Waals surface area (Å²) < 4.78 is 1.69. The molecule has 0 saturated heterocycles. The predicted molar refractivity (Wildman–Crippen MR) is 52.9 cm³/mol. The molecule has 2 aromatic rings. The van der Waals surface area contributed by atoms with Gasteiger partial charge in [-0.05, 0) is 0 Å². The molecular weight excluding hydrogens is 261 g/mol. The van der Waals surface area contributed by atoms with Gasteiger partial charge in [-0.3, -0.25) is 0 Å². The van der Waals surface area contributed by atoms with E-state index in [1.165, 1.54) is 22.7 Å². The fourth-order valence-electron chi connectivity index (χ4n) is 0.808. The average Bonchev–Trinajstić information content (AvgIpc) is 2.29. The fourth-order valence-corrected chi connectivity index (χ4v) is 3.78. The number of rotatable bonds is 0. The van der Waals surface area contributed by atoms with E-state index in [1.807, 2.05) is 0 Å². The van der Waals surface area contributed by atoms with Crippen molar-refractivity contribution < 1.29 is 0 Å². The van der Waals surface area contributed by atoms with Crippen LogP contribution in [0.1, 0.15) is 0 Å². The van der Waals surface area contributed by atoms with Crippen molar-refractivity contribution in [3.05, 3.63) is 13.0 Å². The molecular formula is C5H4N3OS2Se. The summed E-state index contributed by atoms with van der Waals surface area (Å²) in [6.07, 6.45) is 0. The summed E-state index contributed by atoms with van der Waals surface area (Å²) in [4.78, 5) is 18.4. The Labute approximate surface area is 82.4 Å². The monoisotopic (exact) mass is 266 g/mol. The molecule has 0 amide bonds. The van der Waals surface area contributed by atoms with Crippen LogP contribution in [0.3, 0.4) is 0 Å². The first-order valence-corrected chi connectivity index (χ1v) is 5.55. The molecule has 4 nitrogen and oxygen atoms in total. The first-order chi connectivity index (χ1) is 5.66. The molecule has 0 fully saturated rings. The van der Waals surface area contributed by atoms with Gasteiger partial charge in [-0.25, -0.2) is 0 Å². The van der Waals surface area contributed by atoms with Crippen LogP contribution in [0.5, 0.6) is 0 Å². The van der Waals surface area contributed by atoms with Crippen LogP contribution in [0.4, 0.5) is 5.95 Å². The third-order valence-corrected chi connectivity index (χ3v) is 4.44. The van der Waals surface area contributed by atoms with Gasteiger partial charge >= 0.3 is 82.5 Å². The third-order valence-electron chi connectivity index (χ3n) is 1.24. The van der Waals surface area contributed by atoms with Crippen LogP contribution >= 0.6 is 22.7 Å². The van der Waals surface area contributed by atoms with Crippen molar-refractivity contribution >= 4 is 53.7 Å². The summed E-state index contributed by atoms with van der Waals surface area (Å²) in [5, 5.41) is 0. The van der Waals surface area contributed by atoms with Crippen LogP contribution in [0, 0.1) is 2.69 Å². The molecule has 0 saturated carbocycles. The van der Waals surface area contributed by atoms with Crippen molar-refractivity contribution in [2.24, 2.45) is 0 Å². The molecule has 0 spiro atoms. The average molecular weight is 265 g/mol. The molecule has 0 aliphatic rings. The van der Waals surface area contributed by atoms with E-state index in [2.05, 4.69) is 25.5 Å². The van der Waals surface area contributed by atoms with Gasteiger partial charge in [0, 0.05) is 0 Å². The summed E-state index contributed by atoms with van der Waals surface area (Å²) in [5.41, 5.74) is 5.22. The number of hydrogen-bond acceptors (Lipinski definition) is 5. The van der Waals surface area contributed by atoms with Gasteiger partial charge in [-0.2, -0.15) is 0 Å². The standard InChI is InChI=1S/C5H4N3OS2Se/c6-4-7-2(9)1-3(8-4)11-5(12)10-1/h12H,(H3,6,7,8,9). The number of fused-ring (bicyclic) bond motifs is 1. The van der Waals surface area contributed by atoms with Crippen LogP contribution in [-0.4, -0.2) is 25.5 Å². The number of H-pyrrole nitrogens is 1. The minimum absolute atomic E-state index is 0.156. The number of nitrogen functional groups attached to an aromatic ring is 1. The Hall–Kier alpha value is -0.491. The number of nitrogens with one attached hydrogen (secondary N) is 1. The summed E-state index contributed by atoms with van der Waals surface area (Å²) in [6.45, 7) is 0. The topological polar surface area (TPSA) is 71.8 Å². The molecule has 2 aromatic heterocycles. The normalized spacial score (nSPS) is 10.7. The van der Waals surface area contributed by atoms with Crippen LogP contribution < -0.4 is 11.3 Å². The van der Waals surface area contributed by atoms with E-state index in [9.17, 15) is 4.79 Å². The van der Waals surface area contributed by atoms with Gasteiger partial charge < -0.3 is 0 Å². The molecule has 7 heteroatoms. The van der Waals surface area contributed by atoms with E-state index < -0.39 is 0 Å². The zero-order valence-corrected chi connectivity index (χ0v) is 9.21. The molecule has 63 valence electrons. The van der Waals surface area contributed by atoms with Crippen LogP contribution in [0.25, 0.3) is 9.53 Å². The Morgan fingerprint density at radius 2 is 2.25 bits per heavy atom. The van der Waals surface area contributed by atoms with Gasteiger partial charge in [-0.15, -0.1) is 0 Å². The molecule has 0 aliphatic carbocycles. The zero-order chi connectivity index (χ0) is 8.72. The number of anilines is 1. The van der Waals surface area contributed by atoms with Gasteiger partial charge in [0.05, 0.1) is 0 Å². The molecule has 1 radical (unpaired) electrons. The summed E-state index contributed by atoms with van der Waals surface area (Å²) in [7, 11) is 0. The number of hydrogen-bond donors (Lipinski definition) is 2. The van der Waals surface area contributed by atoms with E-state index in [0.29, 0.717) is 9.53 Å². The summed E-state index contributed by atoms with van der Waals surface area (Å²) in [6, 6.07) is 0. The molecule has 0 aliphatic heterocycles. The maximum atomic E-state index is 11.2. The predicted octanol–water partition coefficient (Wildman–Crippen LogP) is 0.0611. The Morgan fingerprint density at radius 3 is 3.00 bits per heavy atom. The van der Waals surface area contributed by atoms with Crippen LogP contribution in [0.15, 0.2) is 4.79 Å². The van der Waals surface area contributed by atoms with E-state index in [0.717, 1.165) is 2.69 Å². The van der Waals surface area contributed by atoms with Crippen LogP contribution in [-0.2, 0) is 0 Å². The molecule has 0 unspecified atom stereocenters. The summed E-state index contributed by atoms with van der Waals surface area (Å²) >= 11 is 5.27. The fraction of sp³-hybridized carbons (Fsp3) is 0. The van der Waals surface area contributed by atoms with Crippen molar-refractivity contribution in [1.82, 2.24) is 9.97 Å². The van der Waals surface area contributed by atoms with Crippen LogP contribution in [0.2, 0.25) is 0 Å². The number of aromatic amines is 1. The quantitative estimate of drug-likeness (QED) is 0.662. The Morgan fingerprint density at radius 1 is 1.50 bits per heavy atom. The Balaban J connectivity index is 3.08. The number of nitrogens with two attached hydrogens (primary N) is 1. The van der Waals surface area contributed by atoms with Gasteiger partial charge in [0.15, 0.2) is 0 Å². The molecule has 2 rings (SSSR count). The Bertz CT molecular complexity index is 539. The molecule has 3 N–H and O–H groups in total. The van der Waals surface area contributed by atoms with E-state index in [1.54, 1.807) is 0 Å². The molecule has 2 heterocycles. The molecule has 12 heavy (non-hydrogen) atoms. The van der Waals surface area contributed by atoms with Gasteiger partial charge in [0.25, 0.3) is 0 Å². The second-order valence-corrected chi connectivity index (χ2v) is 6.59. The number of aromatic nitrogens is 2. The first kappa shape index (κ1) is 8.12. The van der Waals surface area contributed by atoms with Gasteiger partial charge in [0.1, 0.15) is 0 Å². The first-order valence-electron chi connectivity index (χ1n) is 2.98. The Kier molecular flexibility index (Phi) is 1.88. The summed E-state index contributed by atoms with van der Waals surface area (Å²) in [5.74, 6) is 0.175. The van der Waals surface area contributed by atoms with Gasteiger partial charge in [0.2, 0.25) is 0 Å². The minimum atomic E-state index is -0.156. The third kappa shape index (κ3) is 1.25. The molecule has 0 atom stereocenters.